The first kappa shape index (κ1) is 13.5. The van der Waals surface area contributed by atoms with Crippen LogP contribution >= 0.6 is 0 Å². The fourth-order valence-corrected chi connectivity index (χ4v) is 2.03. The highest BCUT2D eigenvalue weighted by Crippen LogP contribution is 2.26. The molecule has 0 aromatic heterocycles. The molecule has 0 radical (unpaired) electrons. The highest BCUT2D eigenvalue weighted by Gasteiger charge is 2.27. The Balaban J connectivity index is 2.05. The molecule has 0 bridgehead atoms. The Morgan fingerprint density at radius 1 is 1.58 bits per heavy atom. The fourth-order valence-electron chi connectivity index (χ4n) is 2.03. The summed E-state index contributed by atoms with van der Waals surface area (Å²) in [4.78, 5) is 25.1. The molecule has 0 N–H and O–H groups in total. The minimum Gasteiger partial charge on any atom is -0.465 e. The number of nitrogens with zero attached hydrogens (tertiary/aromatic N) is 1. The number of carbonyl (C=O) groups is 2. The second-order valence-electron chi connectivity index (χ2n) is 4.41. The van der Waals surface area contributed by atoms with E-state index in [1.54, 1.807) is 25.6 Å². The van der Waals surface area contributed by atoms with Gasteiger partial charge in [0.1, 0.15) is 12.0 Å². The SMILES string of the molecule is COCCC(=O)N1C=COC(C2CCC=CC2=O)=C1. The zero-order chi connectivity index (χ0) is 13.7. The third kappa shape index (κ3) is 3.32. The van der Waals surface area contributed by atoms with Crippen molar-refractivity contribution in [1.82, 2.24) is 4.90 Å². The van der Waals surface area contributed by atoms with E-state index < -0.39 is 0 Å². The molecule has 102 valence electrons. The van der Waals surface area contributed by atoms with Gasteiger partial charge in [0.15, 0.2) is 5.78 Å². The molecule has 1 aliphatic carbocycles. The van der Waals surface area contributed by atoms with Gasteiger partial charge in [-0.3, -0.25) is 14.5 Å². The number of carbonyl (C=O) groups excluding carboxylic acids is 2. The average Bonchev–Trinajstić information content (AvgIpc) is 2.45. The van der Waals surface area contributed by atoms with E-state index in [0.29, 0.717) is 18.8 Å². The van der Waals surface area contributed by atoms with Gasteiger partial charge in [-0.1, -0.05) is 6.08 Å². The molecule has 19 heavy (non-hydrogen) atoms. The lowest BCUT2D eigenvalue weighted by atomic mass is 9.91. The molecule has 2 aliphatic rings. The minimum absolute atomic E-state index is 0.0251. The van der Waals surface area contributed by atoms with Gasteiger partial charge in [-0.15, -0.1) is 0 Å². The Morgan fingerprint density at radius 3 is 3.16 bits per heavy atom. The molecule has 0 fully saturated rings. The number of amides is 1. The maximum absolute atomic E-state index is 11.9. The summed E-state index contributed by atoms with van der Waals surface area (Å²) in [5.41, 5.74) is 0. The van der Waals surface area contributed by atoms with Crippen molar-refractivity contribution in [2.24, 2.45) is 5.92 Å². The summed E-state index contributed by atoms with van der Waals surface area (Å²) in [7, 11) is 1.55. The van der Waals surface area contributed by atoms with E-state index in [1.807, 2.05) is 6.08 Å². The molecule has 1 atom stereocenters. The highest BCUT2D eigenvalue weighted by atomic mass is 16.5. The smallest absolute Gasteiger partial charge is 0.233 e. The van der Waals surface area contributed by atoms with E-state index in [0.717, 1.165) is 12.8 Å². The highest BCUT2D eigenvalue weighted by molar-refractivity contribution is 5.94. The van der Waals surface area contributed by atoms with E-state index in [1.165, 1.54) is 11.2 Å². The van der Waals surface area contributed by atoms with Crippen LogP contribution in [0.4, 0.5) is 0 Å². The number of hydrogen-bond donors (Lipinski definition) is 0. The van der Waals surface area contributed by atoms with Crippen molar-refractivity contribution >= 4 is 11.7 Å². The molecule has 5 heteroatoms. The second kappa shape index (κ2) is 6.33. The summed E-state index contributed by atoms with van der Waals surface area (Å²) in [6, 6.07) is 0. The number of hydrogen-bond acceptors (Lipinski definition) is 4. The van der Waals surface area contributed by atoms with Gasteiger partial charge in [0.25, 0.3) is 0 Å². The minimum atomic E-state index is -0.285. The topological polar surface area (TPSA) is 55.8 Å². The molecule has 1 heterocycles. The van der Waals surface area contributed by atoms with E-state index in [9.17, 15) is 9.59 Å². The number of ether oxygens (including phenoxy) is 2. The maximum atomic E-state index is 11.9. The monoisotopic (exact) mass is 263 g/mol. The lowest BCUT2D eigenvalue weighted by molar-refractivity contribution is -0.128. The quantitative estimate of drug-likeness (QED) is 0.775. The van der Waals surface area contributed by atoms with Crippen LogP contribution in [0.5, 0.6) is 0 Å². The van der Waals surface area contributed by atoms with Crippen LogP contribution in [0.1, 0.15) is 19.3 Å². The number of methoxy groups -OCH3 is 1. The standard InChI is InChI=1S/C14H17NO4/c1-18-8-6-14(17)15-7-9-19-13(10-15)11-4-2-3-5-12(11)16/h3,5,7,9-11H,2,4,6,8H2,1H3. The third-order valence-electron chi connectivity index (χ3n) is 3.09. The molecule has 1 unspecified atom stereocenters. The lowest BCUT2D eigenvalue weighted by Gasteiger charge is -2.25. The molecular formula is C14H17NO4. The molecule has 0 saturated carbocycles. The van der Waals surface area contributed by atoms with Gasteiger partial charge < -0.3 is 9.47 Å². The first-order valence-electron chi connectivity index (χ1n) is 6.28. The average molecular weight is 263 g/mol. The molecule has 0 spiro atoms. The predicted octanol–water partition coefficient (Wildman–Crippen LogP) is 1.73. The van der Waals surface area contributed by atoms with Gasteiger partial charge in [-0.25, -0.2) is 0 Å². The molecule has 5 nitrogen and oxygen atoms in total. The van der Waals surface area contributed by atoms with Crippen LogP contribution in [-0.2, 0) is 19.1 Å². The molecule has 0 aromatic carbocycles. The van der Waals surface area contributed by atoms with Crippen LogP contribution in [-0.4, -0.2) is 30.3 Å². The zero-order valence-corrected chi connectivity index (χ0v) is 10.9. The second-order valence-corrected chi connectivity index (χ2v) is 4.41. The summed E-state index contributed by atoms with van der Waals surface area (Å²) < 4.78 is 10.3. The van der Waals surface area contributed by atoms with Gasteiger partial charge in [0, 0.05) is 13.3 Å². The zero-order valence-electron chi connectivity index (χ0n) is 10.9. The van der Waals surface area contributed by atoms with Crippen LogP contribution in [0.15, 0.2) is 36.6 Å². The summed E-state index contributed by atoms with van der Waals surface area (Å²) in [6.45, 7) is 0.373. The van der Waals surface area contributed by atoms with Gasteiger partial charge in [-0.05, 0) is 18.9 Å². The number of ketones is 1. The largest absolute Gasteiger partial charge is 0.465 e. The van der Waals surface area contributed by atoms with Gasteiger partial charge in [0.2, 0.25) is 5.91 Å². The Bertz CT molecular complexity index is 450. The number of rotatable bonds is 4. The summed E-state index contributed by atoms with van der Waals surface area (Å²) in [6.07, 6.45) is 9.88. The van der Waals surface area contributed by atoms with Crippen molar-refractivity contribution < 1.29 is 19.1 Å². The van der Waals surface area contributed by atoms with Crippen LogP contribution in [0, 0.1) is 5.92 Å². The Kier molecular flexibility index (Phi) is 4.52. The molecule has 0 aromatic rings. The van der Waals surface area contributed by atoms with Crippen LogP contribution in [0.3, 0.4) is 0 Å². The fraction of sp³-hybridized carbons (Fsp3) is 0.429. The molecule has 1 aliphatic heterocycles. The summed E-state index contributed by atoms with van der Waals surface area (Å²) >= 11 is 0. The van der Waals surface area contributed by atoms with E-state index in [4.69, 9.17) is 9.47 Å². The van der Waals surface area contributed by atoms with E-state index in [-0.39, 0.29) is 17.6 Å². The Labute approximate surface area is 112 Å². The van der Waals surface area contributed by atoms with Gasteiger partial charge in [0.05, 0.1) is 25.1 Å². The van der Waals surface area contributed by atoms with Crippen LogP contribution in [0.25, 0.3) is 0 Å². The van der Waals surface area contributed by atoms with Gasteiger partial charge in [-0.2, -0.15) is 0 Å². The van der Waals surface area contributed by atoms with Crippen molar-refractivity contribution in [3.63, 3.8) is 0 Å². The van der Waals surface area contributed by atoms with E-state index >= 15 is 0 Å². The van der Waals surface area contributed by atoms with Crippen molar-refractivity contribution in [2.45, 2.75) is 19.3 Å². The summed E-state index contributed by atoms with van der Waals surface area (Å²) in [5.74, 6) is 0.185. The Morgan fingerprint density at radius 2 is 2.42 bits per heavy atom. The van der Waals surface area contributed by atoms with Crippen molar-refractivity contribution in [1.29, 1.82) is 0 Å². The van der Waals surface area contributed by atoms with Gasteiger partial charge >= 0.3 is 0 Å². The first-order chi connectivity index (χ1) is 9.22. The Hall–Kier alpha value is -1.88. The maximum Gasteiger partial charge on any atom is 0.233 e. The summed E-state index contributed by atoms with van der Waals surface area (Å²) in [5, 5.41) is 0. The first-order valence-corrected chi connectivity index (χ1v) is 6.28. The molecule has 0 saturated heterocycles. The molecule has 1 amide bonds. The van der Waals surface area contributed by atoms with Crippen LogP contribution in [0.2, 0.25) is 0 Å². The molecular weight excluding hydrogens is 246 g/mol. The number of allylic oxidation sites excluding steroid dienone is 3. The van der Waals surface area contributed by atoms with Crippen molar-refractivity contribution in [3.05, 3.63) is 36.6 Å². The van der Waals surface area contributed by atoms with Crippen molar-refractivity contribution in [2.75, 3.05) is 13.7 Å². The van der Waals surface area contributed by atoms with Crippen LogP contribution < -0.4 is 0 Å². The normalized spacial score (nSPS) is 22.2. The van der Waals surface area contributed by atoms with Crippen molar-refractivity contribution in [3.8, 4) is 0 Å². The third-order valence-corrected chi connectivity index (χ3v) is 3.09. The molecule has 2 rings (SSSR count). The van der Waals surface area contributed by atoms with E-state index in [2.05, 4.69) is 0 Å². The lowest BCUT2D eigenvalue weighted by Crippen LogP contribution is -2.27. The predicted molar refractivity (Wildman–Crippen MR) is 68.5 cm³/mol.